The number of hydrogen-bond donors (Lipinski definition) is 2. The van der Waals surface area contributed by atoms with Gasteiger partial charge < -0.3 is 10.5 Å². The van der Waals surface area contributed by atoms with E-state index in [1.165, 1.54) is 0 Å². The van der Waals surface area contributed by atoms with Gasteiger partial charge in [-0.2, -0.15) is 0 Å². The van der Waals surface area contributed by atoms with Gasteiger partial charge in [0.1, 0.15) is 0 Å². The second-order valence-corrected chi connectivity index (χ2v) is 10.5. The smallest absolute Gasteiger partial charge is 0.229 e. The van der Waals surface area contributed by atoms with E-state index in [0.29, 0.717) is 25.4 Å². The Balaban J connectivity index is 1.41. The van der Waals surface area contributed by atoms with Gasteiger partial charge in [-0.15, -0.1) is 11.3 Å². The first-order chi connectivity index (χ1) is 15.9. The highest BCUT2D eigenvalue weighted by Crippen LogP contribution is 2.39. The van der Waals surface area contributed by atoms with E-state index >= 15 is 0 Å². The van der Waals surface area contributed by atoms with Crippen LogP contribution in [0.5, 0.6) is 0 Å². The fourth-order valence-corrected chi connectivity index (χ4v) is 5.27. The van der Waals surface area contributed by atoms with E-state index in [2.05, 4.69) is 36.2 Å². The Morgan fingerprint density at radius 2 is 1.91 bits per heavy atom. The first kappa shape index (κ1) is 21.8. The van der Waals surface area contributed by atoms with Crippen molar-refractivity contribution in [3.05, 3.63) is 64.1 Å². The molecule has 0 saturated carbocycles. The molecule has 3 aromatic rings. The highest BCUT2D eigenvalue weighted by Gasteiger charge is 2.34. The van der Waals surface area contributed by atoms with Crippen LogP contribution in [-0.2, 0) is 14.8 Å². The number of nitrogens with one attached hydrogen (secondary N) is 1. The summed E-state index contributed by atoms with van der Waals surface area (Å²) in [6.45, 7) is 1.84. The van der Waals surface area contributed by atoms with E-state index < -0.39 is 10.0 Å². The largest absolute Gasteiger partial charge is 0.371 e. The maximum Gasteiger partial charge on any atom is 0.229 e. The van der Waals surface area contributed by atoms with Gasteiger partial charge in [-0.05, 0) is 29.1 Å². The van der Waals surface area contributed by atoms with E-state index in [9.17, 15) is 8.42 Å². The Labute approximate surface area is 195 Å². The van der Waals surface area contributed by atoms with Crippen LogP contribution in [-0.4, -0.2) is 55.6 Å². The van der Waals surface area contributed by atoms with E-state index in [4.69, 9.17) is 15.5 Å². The SMILES string of the molecule is CS(=O)(=O)Nc1ccc(C2CN(N3c4ccsc4C=NC3c3cnc(N)nc3)CCO2)cc1. The highest BCUT2D eigenvalue weighted by molar-refractivity contribution is 7.92. The van der Waals surface area contributed by atoms with Crippen LogP contribution in [0.4, 0.5) is 17.3 Å². The molecule has 4 heterocycles. The van der Waals surface area contributed by atoms with Crippen molar-refractivity contribution in [3.63, 3.8) is 0 Å². The third kappa shape index (κ3) is 4.69. The summed E-state index contributed by atoms with van der Waals surface area (Å²) in [6, 6.07) is 9.35. The number of anilines is 3. The second-order valence-electron chi connectivity index (χ2n) is 7.81. The number of aliphatic imine (C=N–C) groups is 1. The molecule has 0 radical (unpaired) electrons. The third-order valence-electron chi connectivity index (χ3n) is 5.41. The van der Waals surface area contributed by atoms with Crippen LogP contribution < -0.4 is 15.5 Å². The molecule has 0 bridgehead atoms. The number of ether oxygens (including phenoxy) is 1. The average molecular weight is 486 g/mol. The van der Waals surface area contributed by atoms with Gasteiger partial charge in [0.25, 0.3) is 0 Å². The lowest BCUT2D eigenvalue weighted by Crippen LogP contribution is -2.52. The van der Waals surface area contributed by atoms with Crippen LogP contribution in [0.15, 0.2) is 53.1 Å². The number of thiophene rings is 1. The highest BCUT2D eigenvalue weighted by atomic mass is 32.2. The van der Waals surface area contributed by atoms with E-state index in [0.717, 1.165) is 27.9 Å². The molecule has 1 aromatic carbocycles. The van der Waals surface area contributed by atoms with Crippen LogP contribution in [0.2, 0.25) is 0 Å². The molecule has 0 spiro atoms. The van der Waals surface area contributed by atoms with Gasteiger partial charge in [-0.25, -0.2) is 23.4 Å². The summed E-state index contributed by atoms with van der Waals surface area (Å²) < 4.78 is 31.5. The topological polar surface area (TPSA) is 126 Å². The molecule has 2 aliphatic heterocycles. The molecule has 3 N–H and O–H groups in total. The summed E-state index contributed by atoms with van der Waals surface area (Å²) in [6.07, 6.45) is 5.95. The monoisotopic (exact) mass is 485 g/mol. The normalized spacial score (nSPS) is 21.1. The Morgan fingerprint density at radius 3 is 2.64 bits per heavy atom. The Morgan fingerprint density at radius 1 is 1.15 bits per heavy atom. The predicted octanol–water partition coefficient (Wildman–Crippen LogP) is 2.42. The zero-order chi connectivity index (χ0) is 23.0. The van der Waals surface area contributed by atoms with Crippen molar-refractivity contribution >= 4 is 44.9 Å². The van der Waals surface area contributed by atoms with Crippen molar-refractivity contribution in [2.75, 3.05) is 41.4 Å². The Bertz CT molecular complexity index is 1260. The van der Waals surface area contributed by atoms with Crippen LogP contribution >= 0.6 is 11.3 Å². The molecule has 12 heteroatoms. The fraction of sp³-hybridized carbons (Fsp3) is 0.286. The van der Waals surface area contributed by atoms with Crippen molar-refractivity contribution in [2.24, 2.45) is 4.99 Å². The third-order valence-corrected chi connectivity index (χ3v) is 6.86. The van der Waals surface area contributed by atoms with Crippen molar-refractivity contribution < 1.29 is 13.2 Å². The molecule has 5 rings (SSSR count). The number of fused-ring (bicyclic) bond motifs is 1. The molecule has 10 nitrogen and oxygen atoms in total. The number of hydrogen-bond acceptors (Lipinski definition) is 10. The number of morpholine rings is 1. The molecule has 0 aliphatic carbocycles. The van der Waals surface area contributed by atoms with Gasteiger partial charge >= 0.3 is 0 Å². The lowest BCUT2D eigenvalue weighted by Gasteiger charge is -2.45. The summed E-state index contributed by atoms with van der Waals surface area (Å²) in [4.78, 5) is 14.2. The zero-order valence-corrected chi connectivity index (χ0v) is 19.5. The van der Waals surface area contributed by atoms with Crippen LogP contribution in [0.25, 0.3) is 0 Å². The van der Waals surface area contributed by atoms with E-state index in [1.807, 2.05) is 18.3 Å². The molecule has 172 valence electrons. The van der Waals surface area contributed by atoms with Crippen molar-refractivity contribution in [3.8, 4) is 0 Å². The number of nitrogens with zero attached hydrogens (tertiary/aromatic N) is 5. The molecule has 2 aromatic heterocycles. The first-order valence-electron chi connectivity index (χ1n) is 10.3. The number of benzene rings is 1. The van der Waals surface area contributed by atoms with E-state index in [1.54, 1.807) is 35.9 Å². The molecule has 2 unspecified atom stereocenters. The number of nitrogen functional groups attached to an aromatic ring is 1. The Hall–Kier alpha value is -3.06. The molecule has 1 saturated heterocycles. The second kappa shape index (κ2) is 8.71. The van der Waals surface area contributed by atoms with Gasteiger partial charge in [-0.3, -0.25) is 14.7 Å². The predicted molar refractivity (Wildman–Crippen MR) is 129 cm³/mol. The van der Waals surface area contributed by atoms with Crippen LogP contribution in [0.3, 0.4) is 0 Å². The minimum absolute atomic E-state index is 0.178. The molecule has 1 fully saturated rings. The molecule has 2 aliphatic rings. The quantitative estimate of drug-likeness (QED) is 0.564. The number of aromatic nitrogens is 2. The number of hydrazine groups is 1. The fourth-order valence-electron chi connectivity index (χ4n) is 3.96. The maximum atomic E-state index is 11.5. The summed E-state index contributed by atoms with van der Waals surface area (Å²) in [5.41, 5.74) is 9.09. The average Bonchev–Trinajstić information content (AvgIpc) is 3.27. The van der Waals surface area contributed by atoms with Crippen LogP contribution in [0, 0.1) is 0 Å². The summed E-state index contributed by atoms with van der Waals surface area (Å²) in [5, 5.41) is 6.46. The molecule has 2 atom stereocenters. The standard InChI is InChI=1S/C21H23N7O3S2/c1-33(29,30)26-16-4-2-14(3-5-16)18-13-27(7-8-31-18)28-17-6-9-32-19(17)12-23-20(28)15-10-24-21(22)25-11-15/h2-6,9-12,18,20,26H,7-8,13H2,1H3,(H2,22,24,25). The Kier molecular flexibility index (Phi) is 5.74. The number of sulfonamides is 1. The van der Waals surface area contributed by atoms with Gasteiger partial charge in [-0.1, -0.05) is 12.1 Å². The summed E-state index contributed by atoms with van der Waals surface area (Å²) in [7, 11) is -3.32. The number of rotatable bonds is 5. The summed E-state index contributed by atoms with van der Waals surface area (Å²) in [5.74, 6) is 0.224. The van der Waals surface area contributed by atoms with Gasteiger partial charge in [0.2, 0.25) is 16.0 Å². The van der Waals surface area contributed by atoms with E-state index in [-0.39, 0.29) is 18.2 Å². The van der Waals surface area contributed by atoms with Crippen molar-refractivity contribution in [2.45, 2.75) is 12.3 Å². The van der Waals surface area contributed by atoms with Gasteiger partial charge in [0.05, 0.1) is 29.5 Å². The van der Waals surface area contributed by atoms with Gasteiger partial charge in [0, 0.05) is 42.9 Å². The molecule has 33 heavy (non-hydrogen) atoms. The maximum absolute atomic E-state index is 11.5. The van der Waals surface area contributed by atoms with Gasteiger partial charge in [0.15, 0.2) is 6.17 Å². The summed E-state index contributed by atoms with van der Waals surface area (Å²) >= 11 is 1.64. The molecule has 0 amide bonds. The van der Waals surface area contributed by atoms with Crippen LogP contribution in [0.1, 0.15) is 28.3 Å². The lowest BCUT2D eigenvalue weighted by molar-refractivity contribution is -0.0377. The first-order valence-corrected chi connectivity index (χ1v) is 13.1. The minimum Gasteiger partial charge on any atom is -0.371 e. The van der Waals surface area contributed by atoms with Crippen molar-refractivity contribution in [1.29, 1.82) is 0 Å². The minimum atomic E-state index is -3.32. The molecular formula is C21H23N7O3S2. The lowest BCUT2D eigenvalue weighted by atomic mass is 10.1. The zero-order valence-electron chi connectivity index (χ0n) is 17.8. The number of nitrogens with two attached hydrogens (primary N) is 1. The molecular weight excluding hydrogens is 462 g/mol. The van der Waals surface area contributed by atoms with Crippen molar-refractivity contribution in [1.82, 2.24) is 15.0 Å².